The number of thiazole rings is 1. The normalized spacial score (nSPS) is 17.4. The van der Waals surface area contributed by atoms with Gasteiger partial charge in [0.05, 0.1) is 25.8 Å². The smallest absolute Gasteiger partial charge is 0.307 e. The Balaban J connectivity index is 1.70. The molecule has 7 nitrogen and oxygen atoms in total. The average molecular weight is 389 g/mol. The standard InChI is InChI=1S/C19H23N3O4S/c1-3-26-15-6-4-13(5-7-15)19-21-14(12-27-19)11-22-9-8-20-18(24)16(22)10-17(23)25-2/h4-7,12,16H,3,8-11H2,1-2H3,(H,20,24)/t16-/m1/s1. The van der Waals surface area contributed by atoms with Crippen LogP contribution in [0.5, 0.6) is 5.75 Å². The third-order valence-electron chi connectivity index (χ3n) is 4.36. The molecule has 1 N–H and O–H groups in total. The van der Waals surface area contributed by atoms with Crippen LogP contribution in [0.15, 0.2) is 29.6 Å². The summed E-state index contributed by atoms with van der Waals surface area (Å²) in [4.78, 5) is 30.5. The van der Waals surface area contributed by atoms with Crippen molar-refractivity contribution in [3.05, 3.63) is 35.3 Å². The van der Waals surface area contributed by atoms with Crippen LogP contribution in [0.2, 0.25) is 0 Å². The molecular weight excluding hydrogens is 366 g/mol. The molecule has 2 aromatic rings. The summed E-state index contributed by atoms with van der Waals surface area (Å²) in [6.07, 6.45) is 0.0399. The van der Waals surface area contributed by atoms with E-state index in [9.17, 15) is 9.59 Å². The van der Waals surface area contributed by atoms with Crippen molar-refractivity contribution in [2.75, 3.05) is 26.8 Å². The predicted molar refractivity (Wildman–Crippen MR) is 103 cm³/mol. The topological polar surface area (TPSA) is 80.8 Å². The molecule has 0 spiro atoms. The van der Waals surface area contributed by atoms with Gasteiger partial charge in [-0.05, 0) is 31.2 Å². The Labute approximate surface area is 162 Å². The van der Waals surface area contributed by atoms with Crippen LogP contribution >= 0.6 is 11.3 Å². The van der Waals surface area contributed by atoms with E-state index in [1.807, 2.05) is 41.5 Å². The summed E-state index contributed by atoms with van der Waals surface area (Å²) in [6.45, 7) is 4.34. The lowest BCUT2D eigenvalue weighted by Crippen LogP contribution is -2.55. The first-order valence-corrected chi connectivity index (χ1v) is 9.75. The number of carbonyl (C=O) groups excluding carboxylic acids is 2. The highest BCUT2D eigenvalue weighted by Gasteiger charge is 2.32. The van der Waals surface area contributed by atoms with Gasteiger partial charge in [0, 0.05) is 30.6 Å². The monoisotopic (exact) mass is 389 g/mol. The summed E-state index contributed by atoms with van der Waals surface area (Å²) in [5, 5.41) is 5.72. The number of hydrogen-bond acceptors (Lipinski definition) is 7. The van der Waals surface area contributed by atoms with Gasteiger partial charge in [-0.25, -0.2) is 4.98 Å². The van der Waals surface area contributed by atoms with Gasteiger partial charge in [-0.15, -0.1) is 11.3 Å². The SMILES string of the molecule is CCOc1ccc(-c2nc(CN3CCNC(=O)[C@H]3CC(=O)OC)cs2)cc1. The van der Waals surface area contributed by atoms with E-state index in [1.54, 1.807) is 11.3 Å². The molecule has 1 saturated heterocycles. The highest BCUT2D eigenvalue weighted by atomic mass is 32.1. The number of aromatic nitrogens is 1. The van der Waals surface area contributed by atoms with Gasteiger partial charge in [0.15, 0.2) is 0 Å². The number of methoxy groups -OCH3 is 1. The highest BCUT2D eigenvalue weighted by Crippen LogP contribution is 2.27. The van der Waals surface area contributed by atoms with Gasteiger partial charge >= 0.3 is 5.97 Å². The molecule has 144 valence electrons. The second kappa shape index (κ2) is 8.96. The van der Waals surface area contributed by atoms with Gasteiger partial charge in [0.1, 0.15) is 16.8 Å². The van der Waals surface area contributed by atoms with Crippen molar-refractivity contribution in [2.45, 2.75) is 25.9 Å². The highest BCUT2D eigenvalue weighted by molar-refractivity contribution is 7.13. The first kappa shape index (κ1) is 19.3. The largest absolute Gasteiger partial charge is 0.494 e. The fourth-order valence-electron chi connectivity index (χ4n) is 3.00. The number of hydrogen-bond donors (Lipinski definition) is 1. The van der Waals surface area contributed by atoms with Crippen molar-refractivity contribution in [2.24, 2.45) is 0 Å². The molecule has 27 heavy (non-hydrogen) atoms. The van der Waals surface area contributed by atoms with Crippen molar-refractivity contribution >= 4 is 23.2 Å². The molecule has 1 aliphatic rings. The number of piperazine rings is 1. The third-order valence-corrected chi connectivity index (χ3v) is 5.30. The number of ether oxygens (including phenoxy) is 2. The molecule has 0 bridgehead atoms. The number of benzene rings is 1. The van der Waals surface area contributed by atoms with Crippen molar-refractivity contribution in [1.29, 1.82) is 0 Å². The molecule has 1 aliphatic heterocycles. The molecule has 2 heterocycles. The van der Waals surface area contributed by atoms with Crippen LogP contribution in [0.4, 0.5) is 0 Å². The Kier molecular flexibility index (Phi) is 6.41. The quantitative estimate of drug-likeness (QED) is 0.730. The van der Waals surface area contributed by atoms with E-state index in [-0.39, 0.29) is 12.3 Å². The van der Waals surface area contributed by atoms with E-state index in [0.29, 0.717) is 26.2 Å². The van der Waals surface area contributed by atoms with Crippen LogP contribution in [-0.2, 0) is 20.9 Å². The van der Waals surface area contributed by atoms with Gasteiger partial charge in [0.2, 0.25) is 5.91 Å². The van der Waals surface area contributed by atoms with E-state index >= 15 is 0 Å². The van der Waals surface area contributed by atoms with E-state index in [1.165, 1.54) is 7.11 Å². The Hall–Kier alpha value is -2.45. The van der Waals surface area contributed by atoms with Crippen molar-refractivity contribution in [3.8, 4) is 16.3 Å². The maximum Gasteiger partial charge on any atom is 0.307 e. The summed E-state index contributed by atoms with van der Waals surface area (Å²) in [6, 6.07) is 7.31. The molecule has 0 saturated carbocycles. The molecule has 8 heteroatoms. The lowest BCUT2D eigenvalue weighted by atomic mass is 10.1. The third kappa shape index (κ3) is 4.84. The first-order chi connectivity index (χ1) is 13.1. The van der Waals surface area contributed by atoms with Gasteiger partial charge < -0.3 is 14.8 Å². The van der Waals surface area contributed by atoms with Crippen LogP contribution in [-0.4, -0.2) is 54.6 Å². The molecule has 1 atom stereocenters. The summed E-state index contributed by atoms with van der Waals surface area (Å²) in [5.74, 6) is 0.298. The molecule has 1 fully saturated rings. The second-order valence-electron chi connectivity index (χ2n) is 6.16. The zero-order valence-corrected chi connectivity index (χ0v) is 16.3. The fraction of sp³-hybridized carbons (Fsp3) is 0.421. The number of amides is 1. The first-order valence-electron chi connectivity index (χ1n) is 8.87. The zero-order chi connectivity index (χ0) is 19.2. The average Bonchev–Trinajstić information content (AvgIpc) is 3.14. The van der Waals surface area contributed by atoms with Crippen LogP contribution < -0.4 is 10.1 Å². The van der Waals surface area contributed by atoms with Crippen LogP contribution in [0, 0.1) is 0 Å². The summed E-state index contributed by atoms with van der Waals surface area (Å²) >= 11 is 1.56. The van der Waals surface area contributed by atoms with Crippen molar-refractivity contribution < 1.29 is 19.1 Å². The molecule has 0 aliphatic carbocycles. The van der Waals surface area contributed by atoms with E-state index in [2.05, 4.69) is 5.32 Å². The van der Waals surface area contributed by atoms with Crippen molar-refractivity contribution in [3.63, 3.8) is 0 Å². The molecule has 1 amide bonds. The molecule has 1 aromatic carbocycles. The van der Waals surface area contributed by atoms with Gasteiger partial charge in [-0.3, -0.25) is 14.5 Å². The maximum atomic E-state index is 12.2. The van der Waals surface area contributed by atoms with Crippen LogP contribution in [0.1, 0.15) is 19.0 Å². The fourth-order valence-corrected chi connectivity index (χ4v) is 3.81. The Bertz CT molecular complexity index is 791. The van der Waals surface area contributed by atoms with Crippen LogP contribution in [0.25, 0.3) is 10.6 Å². The number of carbonyl (C=O) groups is 2. The Morgan fingerprint density at radius 2 is 2.15 bits per heavy atom. The number of nitrogens with one attached hydrogen (secondary N) is 1. The Morgan fingerprint density at radius 3 is 2.85 bits per heavy atom. The van der Waals surface area contributed by atoms with Crippen LogP contribution in [0.3, 0.4) is 0 Å². The second-order valence-corrected chi connectivity index (χ2v) is 7.02. The number of esters is 1. The molecular formula is C19H23N3O4S. The van der Waals surface area contributed by atoms with E-state index in [4.69, 9.17) is 14.5 Å². The summed E-state index contributed by atoms with van der Waals surface area (Å²) < 4.78 is 10.2. The summed E-state index contributed by atoms with van der Waals surface area (Å²) in [7, 11) is 1.33. The lowest BCUT2D eigenvalue weighted by molar-refractivity contribution is -0.146. The molecule has 0 radical (unpaired) electrons. The van der Waals surface area contributed by atoms with Gasteiger partial charge in [-0.2, -0.15) is 0 Å². The van der Waals surface area contributed by atoms with E-state index in [0.717, 1.165) is 22.0 Å². The van der Waals surface area contributed by atoms with Gasteiger partial charge in [0.25, 0.3) is 0 Å². The van der Waals surface area contributed by atoms with E-state index < -0.39 is 12.0 Å². The maximum absolute atomic E-state index is 12.2. The lowest BCUT2D eigenvalue weighted by Gasteiger charge is -2.33. The minimum Gasteiger partial charge on any atom is -0.494 e. The molecule has 1 aromatic heterocycles. The summed E-state index contributed by atoms with van der Waals surface area (Å²) in [5.41, 5.74) is 1.91. The number of nitrogens with zero attached hydrogens (tertiary/aromatic N) is 2. The number of rotatable bonds is 7. The molecule has 0 unspecified atom stereocenters. The zero-order valence-electron chi connectivity index (χ0n) is 15.4. The Morgan fingerprint density at radius 1 is 1.37 bits per heavy atom. The predicted octanol–water partition coefficient (Wildman–Crippen LogP) is 2.07. The molecule has 3 rings (SSSR count). The minimum absolute atomic E-state index is 0.0399. The van der Waals surface area contributed by atoms with Crippen molar-refractivity contribution in [1.82, 2.24) is 15.2 Å². The van der Waals surface area contributed by atoms with Gasteiger partial charge in [-0.1, -0.05) is 0 Å². The minimum atomic E-state index is -0.526.